The third kappa shape index (κ3) is 6.83. The molecule has 1 saturated heterocycles. The van der Waals surface area contributed by atoms with Crippen molar-refractivity contribution in [2.45, 2.75) is 38.0 Å². The molecule has 1 aliphatic rings. The van der Waals surface area contributed by atoms with E-state index in [1.807, 2.05) is 30.3 Å². The Balaban J connectivity index is 1.14. The van der Waals surface area contributed by atoms with Gasteiger partial charge in [0.1, 0.15) is 11.6 Å². The number of halogens is 4. The van der Waals surface area contributed by atoms with Gasteiger partial charge in [-0.05, 0) is 66.8 Å². The molecule has 0 unspecified atom stereocenters. The Morgan fingerprint density at radius 2 is 1.58 bits per heavy atom. The first kappa shape index (κ1) is 26.0. The number of anilines is 1. The third-order valence-corrected chi connectivity index (χ3v) is 6.87. The molecule has 1 aromatic heterocycles. The number of hydrogen-bond acceptors (Lipinski definition) is 4. The van der Waals surface area contributed by atoms with Crippen LogP contribution < -0.4 is 10.1 Å². The minimum absolute atomic E-state index is 0.225. The zero-order chi connectivity index (χ0) is 26.5. The normalized spacial score (nSPS) is 15.2. The first-order valence-corrected chi connectivity index (χ1v) is 12.8. The van der Waals surface area contributed by atoms with Gasteiger partial charge in [-0.2, -0.15) is 13.2 Å². The van der Waals surface area contributed by atoms with Gasteiger partial charge < -0.3 is 19.5 Å². The van der Waals surface area contributed by atoms with Crippen LogP contribution in [0.5, 0.6) is 5.75 Å². The molecule has 5 rings (SSSR count). The fourth-order valence-electron chi connectivity index (χ4n) is 4.81. The Morgan fingerprint density at radius 1 is 0.895 bits per heavy atom. The molecule has 5 nitrogen and oxygen atoms in total. The first-order chi connectivity index (χ1) is 18.3. The van der Waals surface area contributed by atoms with Crippen molar-refractivity contribution in [3.05, 3.63) is 89.7 Å². The second-order valence-electron chi connectivity index (χ2n) is 9.69. The van der Waals surface area contributed by atoms with Crippen LogP contribution in [0.15, 0.2) is 72.8 Å². The summed E-state index contributed by atoms with van der Waals surface area (Å²) >= 11 is 0. The standard InChI is InChI=1S/C29H30F4N4O/c30-23-9-5-22(6-10-23)19-37-27-4-2-1-3-26(27)35-28(37)34-24-14-17-36(18-15-24)16-13-21-7-11-25(12-8-21)38-20-29(31,32)33/h1-12,24H,13-20H2,(H,34,35)/i31-1. The lowest BCUT2D eigenvalue weighted by Gasteiger charge is -2.32. The van der Waals surface area contributed by atoms with E-state index in [-0.39, 0.29) is 11.6 Å². The highest BCUT2D eigenvalue weighted by atomic mass is 19.3. The van der Waals surface area contributed by atoms with E-state index in [1.165, 1.54) is 12.1 Å². The molecule has 0 aliphatic carbocycles. The van der Waals surface area contributed by atoms with Crippen molar-refractivity contribution in [1.82, 2.24) is 14.5 Å². The number of ether oxygens (including phenoxy) is 1. The van der Waals surface area contributed by atoms with Crippen LogP contribution in [-0.2, 0) is 13.0 Å². The highest BCUT2D eigenvalue weighted by Crippen LogP contribution is 2.24. The van der Waals surface area contributed by atoms with Crippen LogP contribution in [0, 0.1) is 5.82 Å². The second-order valence-corrected chi connectivity index (χ2v) is 9.69. The third-order valence-electron chi connectivity index (χ3n) is 6.87. The lowest BCUT2D eigenvalue weighted by molar-refractivity contribution is -0.153. The van der Waals surface area contributed by atoms with Crippen LogP contribution >= 0.6 is 0 Å². The van der Waals surface area contributed by atoms with Crippen LogP contribution in [0.1, 0.15) is 24.0 Å². The van der Waals surface area contributed by atoms with E-state index in [2.05, 4.69) is 20.9 Å². The summed E-state index contributed by atoms with van der Waals surface area (Å²) < 4.78 is 57.3. The van der Waals surface area contributed by atoms with E-state index >= 15 is 0 Å². The predicted molar refractivity (Wildman–Crippen MR) is 140 cm³/mol. The van der Waals surface area contributed by atoms with Gasteiger partial charge in [0.15, 0.2) is 6.61 Å². The number of likely N-dealkylation sites (tertiary alicyclic amines) is 1. The topological polar surface area (TPSA) is 42.3 Å². The first-order valence-electron chi connectivity index (χ1n) is 12.8. The summed E-state index contributed by atoms with van der Waals surface area (Å²) in [4.78, 5) is 7.25. The van der Waals surface area contributed by atoms with E-state index in [9.17, 15) is 17.6 Å². The van der Waals surface area contributed by atoms with Gasteiger partial charge in [0.25, 0.3) is 0 Å². The molecule has 0 radical (unpaired) electrons. The van der Waals surface area contributed by atoms with Crippen LogP contribution in [0.3, 0.4) is 0 Å². The minimum atomic E-state index is -4.34. The molecule has 1 N–H and O–H groups in total. The smallest absolute Gasteiger partial charge is 0.422 e. The Kier molecular flexibility index (Phi) is 7.83. The molecule has 0 amide bonds. The highest BCUT2D eigenvalue weighted by molar-refractivity contribution is 5.78. The highest BCUT2D eigenvalue weighted by Gasteiger charge is 2.28. The van der Waals surface area contributed by atoms with Gasteiger partial charge in [-0.25, -0.2) is 9.37 Å². The summed E-state index contributed by atoms with van der Waals surface area (Å²) in [6, 6.07) is 21.7. The maximum absolute atomic E-state index is 13.4. The molecule has 9 heteroatoms. The number of imidazole rings is 1. The average molecular weight is 526 g/mol. The van der Waals surface area contributed by atoms with Crippen LogP contribution in [0.4, 0.5) is 23.5 Å². The van der Waals surface area contributed by atoms with Crippen molar-refractivity contribution < 1.29 is 22.3 Å². The number of aromatic nitrogens is 2. The number of nitrogens with zero attached hydrogens (tertiary/aromatic N) is 3. The lowest BCUT2D eigenvalue weighted by Crippen LogP contribution is -2.40. The van der Waals surface area contributed by atoms with E-state index in [1.54, 1.807) is 24.3 Å². The summed E-state index contributed by atoms with van der Waals surface area (Å²) in [5.74, 6) is 0.798. The number of piperidine rings is 1. The Labute approximate surface area is 219 Å². The summed E-state index contributed by atoms with van der Waals surface area (Å²) in [5, 5.41) is 3.65. The number of hydrogen-bond donors (Lipinski definition) is 1. The zero-order valence-corrected chi connectivity index (χ0v) is 20.9. The molecule has 1 fully saturated rings. The Hall–Kier alpha value is -3.59. The number of rotatable bonds is 9. The van der Waals surface area contributed by atoms with E-state index in [4.69, 9.17) is 9.72 Å². The Morgan fingerprint density at radius 3 is 2.29 bits per heavy atom. The van der Waals surface area contributed by atoms with Crippen molar-refractivity contribution in [2.75, 3.05) is 31.6 Å². The molecule has 0 spiro atoms. The molecular weight excluding hydrogens is 495 g/mol. The van der Waals surface area contributed by atoms with Crippen molar-refractivity contribution >= 4 is 17.0 Å². The van der Waals surface area contributed by atoms with Crippen LogP contribution in [0.25, 0.3) is 11.0 Å². The molecule has 0 saturated carbocycles. The van der Waals surface area contributed by atoms with Gasteiger partial charge in [0.05, 0.1) is 17.6 Å². The van der Waals surface area contributed by atoms with E-state index in [0.29, 0.717) is 12.6 Å². The molecule has 2 heterocycles. The SMILES string of the molecule is Fc1ccc(Cn2c(NC3CCN(CCc4ccc(OCC(F)(F)[18F])cc4)CC3)nc3ccccc32)cc1. The van der Waals surface area contributed by atoms with Crippen molar-refractivity contribution in [3.63, 3.8) is 0 Å². The van der Waals surface area contributed by atoms with Crippen molar-refractivity contribution in [1.29, 1.82) is 0 Å². The lowest BCUT2D eigenvalue weighted by atomic mass is 10.0. The van der Waals surface area contributed by atoms with Gasteiger partial charge in [0.2, 0.25) is 5.95 Å². The van der Waals surface area contributed by atoms with Crippen LogP contribution in [-0.4, -0.2) is 52.9 Å². The monoisotopic (exact) mass is 525 g/mol. The van der Waals surface area contributed by atoms with Crippen molar-refractivity contribution in [2.24, 2.45) is 0 Å². The molecule has 0 atom stereocenters. The van der Waals surface area contributed by atoms with E-state index in [0.717, 1.165) is 67.0 Å². The second kappa shape index (κ2) is 11.4. The summed E-state index contributed by atoms with van der Waals surface area (Å²) in [7, 11) is 0. The molecular formula is C29H30F4N4O. The molecule has 3 aromatic carbocycles. The number of alkyl halides is 3. The largest absolute Gasteiger partial charge is 0.484 e. The Bertz CT molecular complexity index is 1330. The summed E-state index contributed by atoms with van der Waals surface area (Å²) in [6.07, 6.45) is -1.56. The molecule has 0 bridgehead atoms. The number of para-hydroxylation sites is 2. The number of fused-ring (bicyclic) bond motifs is 1. The van der Waals surface area contributed by atoms with Gasteiger partial charge in [0, 0.05) is 25.7 Å². The summed E-state index contributed by atoms with van der Waals surface area (Å²) in [6.45, 7) is 2.10. The number of nitrogens with one attached hydrogen (secondary N) is 1. The fraction of sp³-hybridized carbons (Fsp3) is 0.345. The van der Waals surface area contributed by atoms with Gasteiger partial charge >= 0.3 is 6.18 Å². The van der Waals surface area contributed by atoms with Gasteiger partial charge in [-0.15, -0.1) is 0 Å². The maximum atomic E-state index is 13.4. The van der Waals surface area contributed by atoms with Gasteiger partial charge in [-0.3, -0.25) is 0 Å². The van der Waals surface area contributed by atoms with E-state index < -0.39 is 12.8 Å². The summed E-state index contributed by atoms with van der Waals surface area (Å²) in [5.41, 5.74) is 4.03. The predicted octanol–water partition coefficient (Wildman–Crippen LogP) is 6.28. The average Bonchev–Trinajstić information content (AvgIpc) is 3.25. The zero-order valence-electron chi connectivity index (χ0n) is 20.9. The maximum Gasteiger partial charge on any atom is 0.422 e. The minimum Gasteiger partial charge on any atom is -0.484 e. The fourth-order valence-corrected chi connectivity index (χ4v) is 4.81. The van der Waals surface area contributed by atoms with Gasteiger partial charge in [-0.1, -0.05) is 36.4 Å². The molecule has 4 aromatic rings. The number of benzene rings is 3. The quantitative estimate of drug-likeness (QED) is 0.261. The van der Waals surface area contributed by atoms with Crippen molar-refractivity contribution in [3.8, 4) is 5.75 Å². The molecule has 200 valence electrons. The molecule has 1 aliphatic heterocycles. The molecule has 38 heavy (non-hydrogen) atoms. The van der Waals surface area contributed by atoms with Crippen LogP contribution in [0.2, 0.25) is 0 Å².